The fourth-order valence-electron chi connectivity index (χ4n) is 1.37. The van der Waals surface area contributed by atoms with Crippen LogP contribution in [0.4, 0.5) is 17.8 Å². The average molecular weight is 282 g/mol. The molecule has 20 heavy (non-hydrogen) atoms. The lowest BCUT2D eigenvalue weighted by Crippen LogP contribution is -2.29. The lowest BCUT2D eigenvalue weighted by Gasteiger charge is -2.16. The summed E-state index contributed by atoms with van der Waals surface area (Å²) in [5, 5.41) is 6.00. The average Bonchev–Trinajstić information content (AvgIpc) is 2.43. The first-order chi connectivity index (χ1) is 9.47. The van der Waals surface area contributed by atoms with Crippen molar-refractivity contribution in [2.24, 2.45) is 0 Å². The molecule has 1 rings (SSSR count). The van der Waals surface area contributed by atoms with E-state index in [1.165, 1.54) is 7.11 Å². The van der Waals surface area contributed by atoms with Gasteiger partial charge in [-0.2, -0.15) is 15.0 Å². The van der Waals surface area contributed by atoms with Gasteiger partial charge >= 0.3 is 5.97 Å². The summed E-state index contributed by atoms with van der Waals surface area (Å²) in [7, 11) is 5.02. The predicted molar refractivity (Wildman–Crippen MR) is 78.0 cm³/mol. The summed E-state index contributed by atoms with van der Waals surface area (Å²) in [4.78, 5) is 25.9. The molecular formula is C12H22N6O2. The van der Waals surface area contributed by atoms with Gasteiger partial charge in [-0.15, -0.1) is 0 Å². The molecule has 1 unspecified atom stereocenters. The van der Waals surface area contributed by atoms with Gasteiger partial charge in [-0.25, -0.2) is 4.79 Å². The molecule has 0 saturated carbocycles. The molecule has 0 aliphatic carbocycles. The standard InChI is InChI=1S/C12H22N6O2/c1-6-7-13-10-15-11(14-8(2)9(19)20-5)17-12(16-10)18(3)4/h8H,6-7H2,1-5H3,(H2,13,14,15,16,17). The molecule has 8 nitrogen and oxygen atoms in total. The molecule has 1 heterocycles. The number of hydrogen-bond donors (Lipinski definition) is 2. The number of nitrogens with one attached hydrogen (secondary N) is 2. The number of hydrogen-bond acceptors (Lipinski definition) is 8. The van der Waals surface area contributed by atoms with Gasteiger partial charge in [0.25, 0.3) is 0 Å². The number of carbonyl (C=O) groups is 1. The minimum atomic E-state index is -0.531. The third kappa shape index (κ3) is 4.52. The predicted octanol–water partition coefficient (Wildman–Crippen LogP) is 0.733. The second-order valence-corrected chi connectivity index (χ2v) is 4.49. The van der Waals surface area contributed by atoms with Crippen LogP contribution in [0.5, 0.6) is 0 Å². The third-order valence-corrected chi connectivity index (χ3v) is 2.46. The van der Waals surface area contributed by atoms with E-state index in [4.69, 9.17) is 0 Å². The molecule has 0 fully saturated rings. The number of carbonyl (C=O) groups excluding carboxylic acids is 1. The van der Waals surface area contributed by atoms with Crippen LogP contribution in [-0.4, -0.2) is 54.7 Å². The highest BCUT2D eigenvalue weighted by Gasteiger charge is 2.16. The first-order valence-corrected chi connectivity index (χ1v) is 6.49. The largest absolute Gasteiger partial charge is 0.467 e. The Bertz CT molecular complexity index is 452. The van der Waals surface area contributed by atoms with Crippen molar-refractivity contribution in [2.45, 2.75) is 26.3 Å². The van der Waals surface area contributed by atoms with Crippen molar-refractivity contribution in [1.82, 2.24) is 15.0 Å². The lowest BCUT2D eigenvalue weighted by molar-refractivity contribution is -0.141. The van der Waals surface area contributed by atoms with Gasteiger partial charge in [0.1, 0.15) is 6.04 Å². The molecule has 1 aromatic heterocycles. The van der Waals surface area contributed by atoms with Gasteiger partial charge in [-0.05, 0) is 13.3 Å². The van der Waals surface area contributed by atoms with Crippen LogP contribution in [0.15, 0.2) is 0 Å². The molecule has 0 spiro atoms. The summed E-state index contributed by atoms with van der Waals surface area (Å²) in [6, 6.07) is -0.531. The lowest BCUT2D eigenvalue weighted by atomic mass is 10.3. The van der Waals surface area contributed by atoms with Gasteiger partial charge in [-0.3, -0.25) is 0 Å². The summed E-state index contributed by atoms with van der Waals surface area (Å²) < 4.78 is 4.66. The van der Waals surface area contributed by atoms with Crippen molar-refractivity contribution in [3.05, 3.63) is 0 Å². The van der Waals surface area contributed by atoms with E-state index < -0.39 is 6.04 Å². The zero-order valence-electron chi connectivity index (χ0n) is 12.6. The normalized spacial score (nSPS) is 11.7. The molecule has 0 amide bonds. The highest BCUT2D eigenvalue weighted by Crippen LogP contribution is 2.12. The Balaban J connectivity index is 2.93. The Kier molecular flexibility index (Phi) is 5.95. The van der Waals surface area contributed by atoms with E-state index in [2.05, 4.69) is 37.2 Å². The SMILES string of the molecule is CCCNc1nc(NC(C)C(=O)OC)nc(N(C)C)n1. The molecule has 0 aliphatic rings. The van der Waals surface area contributed by atoms with Crippen LogP contribution in [0, 0.1) is 0 Å². The van der Waals surface area contributed by atoms with Crippen LogP contribution >= 0.6 is 0 Å². The highest BCUT2D eigenvalue weighted by molar-refractivity contribution is 5.78. The summed E-state index contributed by atoms with van der Waals surface area (Å²) in [5.41, 5.74) is 0. The highest BCUT2D eigenvalue weighted by atomic mass is 16.5. The van der Waals surface area contributed by atoms with Crippen molar-refractivity contribution >= 4 is 23.8 Å². The van der Waals surface area contributed by atoms with Crippen LogP contribution in [0.1, 0.15) is 20.3 Å². The number of ether oxygens (including phenoxy) is 1. The van der Waals surface area contributed by atoms with Gasteiger partial charge in [0.2, 0.25) is 17.8 Å². The Morgan fingerprint density at radius 1 is 1.30 bits per heavy atom. The second-order valence-electron chi connectivity index (χ2n) is 4.49. The zero-order valence-corrected chi connectivity index (χ0v) is 12.6. The topological polar surface area (TPSA) is 92.3 Å². The van der Waals surface area contributed by atoms with Crippen LogP contribution in [0.2, 0.25) is 0 Å². The van der Waals surface area contributed by atoms with Crippen molar-refractivity contribution < 1.29 is 9.53 Å². The van der Waals surface area contributed by atoms with Gasteiger partial charge in [0, 0.05) is 20.6 Å². The van der Waals surface area contributed by atoms with Gasteiger partial charge < -0.3 is 20.3 Å². The quantitative estimate of drug-likeness (QED) is 0.707. The molecule has 0 bridgehead atoms. The first kappa shape index (κ1) is 15.9. The van der Waals surface area contributed by atoms with Crippen LogP contribution in [-0.2, 0) is 9.53 Å². The van der Waals surface area contributed by atoms with E-state index in [1.54, 1.807) is 11.8 Å². The van der Waals surface area contributed by atoms with Crippen molar-refractivity contribution in [2.75, 3.05) is 43.3 Å². The molecule has 0 saturated heterocycles. The van der Waals surface area contributed by atoms with E-state index in [0.29, 0.717) is 17.8 Å². The molecule has 112 valence electrons. The van der Waals surface area contributed by atoms with Gasteiger partial charge in [0.05, 0.1) is 7.11 Å². The molecule has 0 aromatic carbocycles. The fraction of sp³-hybridized carbons (Fsp3) is 0.667. The number of anilines is 3. The molecule has 2 N–H and O–H groups in total. The van der Waals surface area contributed by atoms with E-state index in [0.717, 1.165) is 13.0 Å². The molecule has 0 radical (unpaired) electrons. The Hall–Kier alpha value is -2.12. The Morgan fingerprint density at radius 3 is 2.50 bits per heavy atom. The Labute approximate surface area is 119 Å². The maximum atomic E-state index is 11.4. The maximum absolute atomic E-state index is 11.4. The van der Waals surface area contributed by atoms with Gasteiger partial charge in [0.15, 0.2) is 0 Å². The fourth-order valence-corrected chi connectivity index (χ4v) is 1.37. The number of esters is 1. The van der Waals surface area contributed by atoms with E-state index in [-0.39, 0.29) is 5.97 Å². The minimum absolute atomic E-state index is 0.334. The van der Waals surface area contributed by atoms with E-state index in [9.17, 15) is 4.79 Å². The monoisotopic (exact) mass is 282 g/mol. The second kappa shape index (κ2) is 7.46. The van der Waals surface area contributed by atoms with Crippen LogP contribution in [0.25, 0.3) is 0 Å². The molecular weight excluding hydrogens is 260 g/mol. The molecule has 1 atom stereocenters. The maximum Gasteiger partial charge on any atom is 0.328 e. The minimum Gasteiger partial charge on any atom is -0.467 e. The van der Waals surface area contributed by atoms with Crippen molar-refractivity contribution in [3.63, 3.8) is 0 Å². The van der Waals surface area contributed by atoms with Gasteiger partial charge in [-0.1, -0.05) is 6.92 Å². The molecule has 8 heteroatoms. The first-order valence-electron chi connectivity index (χ1n) is 6.49. The molecule has 0 aliphatic heterocycles. The zero-order chi connectivity index (χ0) is 15.1. The number of methoxy groups -OCH3 is 1. The van der Waals surface area contributed by atoms with Crippen LogP contribution in [0.3, 0.4) is 0 Å². The van der Waals surface area contributed by atoms with Crippen molar-refractivity contribution in [1.29, 1.82) is 0 Å². The Morgan fingerprint density at radius 2 is 1.95 bits per heavy atom. The van der Waals surface area contributed by atoms with E-state index >= 15 is 0 Å². The molecule has 1 aromatic rings. The summed E-state index contributed by atoms with van der Waals surface area (Å²) in [6.45, 7) is 4.51. The summed E-state index contributed by atoms with van der Waals surface area (Å²) >= 11 is 0. The van der Waals surface area contributed by atoms with Crippen molar-refractivity contribution in [3.8, 4) is 0 Å². The number of nitrogens with zero attached hydrogens (tertiary/aromatic N) is 4. The number of rotatable bonds is 7. The third-order valence-electron chi connectivity index (χ3n) is 2.46. The summed E-state index contributed by atoms with van der Waals surface area (Å²) in [5.74, 6) is 0.948. The number of aromatic nitrogens is 3. The van der Waals surface area contributed by atoms with E-state index in [1.807, 2.05) is 14.1 Å². The van der Waals surface area contributed by atoms with Crippen LogP contribution < -0.4 is 15.5 Å². The smallest absolute Gasteiger partial charge is 0.328 e. The summed E-state index contributed by atoms with van der Waals surface area (Å²) in [6.07, 6.45) is 0.963.